The summed E-state index contributed by atoms with van der Waals surface area (Å²) in [6, 6.07) is 6.70. The first-order valence-corrected chi connectivity index (χ1v) is 11.0. The highest BCUT2D eigenvalue weighted by molar-refractivity contribution is 7.15. The van der Waals surface area contributed by atoms with Crippen LogP contribution in [0.3, 0.4) is 0 Å². The number of aromatic nitrogens is 1. The number of rotatable bonds is 5. The number of thiazole rings is 1. The molecule has 1 aliphatic heterocycles. The largest absolute Gasteiger partial charge is 0.490 e. The maximum absolute atomic E-state index is 9.55. The molecule has 1 aromatic heterocycles. The molecule has 2 aliphatic rings. The van der Waals surface area contributed by atoms with E-state index in [-0.39, 0.29) is 12.0 Å². The van der Waals surface area contributed by atoms with Crippen molar-refractivity contribution in [3.63, 3.8) is 0 Å². The fourth-order valence-electron chi connectivity index (χ4n) is 4.01. The minimum atomic E-state index is 0.0579. The lowest BCUT2D eigenvalue weighted by Gasteiger charge is -2.19. The Hall–Kier alpha value is -2.71. The molecule has 0 amide bonds. The van der Waals surface area contributed by atoms with Crippen LogP contribution >= 0.6 is 11.3 Å². The first kappa shape index (κ1) is 19.6. The summed E-state index contributed by atoms with van der Waals surface area (Å²) in [7, 11) is 0. The molecule has 0 N–H and O–H groups in total. The molecule has 2 aromatic rings. The number of hydrogen-bond acceptors (Lipinski definition) is 5. The molecule has 1 unspecified atom stereocenters. The van der Waals surface area contributed by atoms with Crippen molar-refractivity contribution in [2.75, 3.05) is 6.54 Å². The van der Waals surface area contributed by atoms with Crippen molar-refractivity contribution in [2.45, 2.75) is 52.1 Å². The topological polar surface area (TPSA) is 58.3 Å². The zero-order valence-electron chi connectivity index (χ0n) is 17.1. The second kappa shape index (κ2) is 8.34. The van der Waals surface area contributed by atoms with Gasteiger partial charge in [-0.05, 0) is 61.4 Å². The molecule has 148 valence electrons. The number of allylic oxidation sites excluding steroid dienone is 3. The highest BCUT2D eigenvalue weighted by Gasteiger charge is 2.23. The van der Waals surface area contributed by atoms with Crippen LogP contribution in [0, 0.1) is 11.3 Å². The molecule has 1 atom stereocenters. The molecular weight excluding hydrogens is 378 g/mol. The first-order valence-electron chi connectivity index (χ1n) is 10.2. The van der Waals surface area contributed by atoms with E-state index < -0.39 is 0 Å². The van der Waals surface area contributed by atoms with Crippen molar-refractivity contribution in [1.82, 2.24) is 4.98 Å². The van der Waals surface area contributed by atoms with E-state index in [0.717, 1.165) is 24.4 Å². The third kappa shape index (κ3) is 3.90. The average molecular weight is 404 g/mol. The van der Waals surface area contributed by atoms with Gasteiger partial charge < -0.3 is 4.74 Å². The van der Waals surface area contributed by atoms with Crippen LogP contribution in [0.5, 0.6) is 0 Å². The zero-order chi connectivity index (χ0) is 20.4. The van der Waals surface area contributed by atoms with Crippen molar-refractivity contribution in [3.8, 4) is 16.5 Å². The Morgan fingerprint density at radius 2 is 2.21 bits per heavy atom. The molecule has 4 rings (SSSR count). The highest BCUT2D eigenvalue weighted by atomic mass is 32.1. The Balaban J connectivity index is 1.62. The number of benzene rings is 1. The van der Waals surface area contributed by atoms with E-state index in [0.29, 0.717) is 17.8 Å². The second-order valence-electron chi connectivity index (χ2n) is 7.65. The fourth-order valence-corrected chi connectivity index (χ4v) is 5.06. The predicted molar refractivity (Wildman–Crippen MR) is 118 cm³/mol. The second-order valence-corrected chi connectivity index (χ2v) is 8.71. The molecule has 29 heavy (non-hydrogen) atoms. The fraction of sp³-hybridized carbons (Fsp3) is 0.375. The van der Waals surface area contributed by atoms with Gasteiger partial charge in [0.15, 0.2) is 0 Å². The lowest BCUT2D eigenvalue weighted by Crippen LogP contribution is -2.09. The molecule has 5 heteroatoms. The lowest BCUT2D eigenvalue weighted by atomic mass is 9.91. The van der Waals surface area contributed by atoms with Gasteiger partial charge in [-0.15, -0.1) is 11.3 Å². The van der Waals surface area contributed by atoms with Gasteiger partial charge in [-0.25, -0.2) is 4.98 Å². The average Bonchev–Trinajstić information content (AvgIpc) is 3.22. The Kier molecular flexibility index (Phi) is 5.64. The van der Waals surface area contributed by atoms with Gasteiger partial charge in [0, 0.05) is 24.9 Å². The Labute approximate surface area is 176 Å². The molecule has 0 saturated carbocycles. The van der Waals surface area contributed by atoms with Crippen molar-refractivity contribution in [2.24, 2.45) is 4.99 Å². The summed E-state index contributed by atoms with van der Waals surface area (Å²) in [5.74, 6) is 0.817. The normalized spacial score (nSPS) is 18.1. The van der Waals surface area contributed by atoms with Crippen LogP contribution in [0.2, 0.25) is 0 Å². The van der Waals surface area contributed by atoms with E-state index in [9.17, 15) is 5.26 Å². The van der Waals surface area contributed by atoms with Gasteiger partial charge in [-0.1, -0.05) is 25.1 Å². The maximum atomic E-state index is 9.55. The van der Waals surface area contributed by atoms with Crippen LogP contribution in [-0.4, -0.2) is 23.8 Å². The van der Waals surface area contributed by atoms with Gasteiger partial charge in [-0.3, -0.25) is 4.99 Å². The van der Waals surface area contributed by atoms with Crippen LogP contribution in [0.15, 0.2) is 46.8 Å². The molecule has 2 heterocycles. The summed E-state index contributed by atoms with van der Waals surface area (Å²) in [6.45, 7) is 7.04. The van der Waals surface area contributed by atoms with Crippen molar-refractivity contribution < 1.29 is 4.74 Å². The standard InChI is InChI=1S/C24H25N3OS/c1-4-19-20-9-10-26-13-17(20)5-7-21(19)23-14-27-24(29-23)16-6-8-22(28-15(2)3)18(11-16)12-25/h5-8,13-16H,4,9-11H2,1-3H3. The van der Waals surface area contributed by atoms with E-state index in [1.54, 1.807) is 11.3 Å². The summed E-state index contributed by atoms with van der Waals surface area (Å²) in [6.07, 6.45) is 10.7. The molecule has 1 aromatic carbocycles. The monoisotopic (exact) mass is 403 g/mol. The van der Waals surface area contributed by atoms with E-state index >= 15 is 0 Å². The Morgan fingerprint density at radius 1 is 1.34 bits per heavy atom. The molecule has 0 fully saturated rings. The number of fused-ring (bicyclic) bond motifs is 1. The minimum Gasteiger partial charge on any atom is -0.490 e. The lowest BCUT2D eigenvalue weighted by molar-refractivity contribution is 0.154. The molecular formula is C24H25N3OS. The van der Waals surface area contributed by atoms with Crippen molar-refractivity contribution in [3.05, 3.63) is 63.5 Å². The summed E-state index contributed by atoms with van der Waals surface area (Å²) >= 11 is 1.73. The van der Waals surface area contributed by atoms with E-state index in [1.165, 1.54) is 27.1 Å². The Bertz CT molecular complexity index is 1050. The van der Waals surface area contributed by atoms with Crippen LogP contribution in [0.1, 0.15) is 54.8 Å². The number of ether oxygens (including phenoxy) is 1. The van der Waals surface area contributed by atoms with E-state index in [2.05, 4.69) is 36.2 Å². The highest BCUT2D eigenvalue weighted by Crippen LogP contribution is 2.39. The quantitative estimate of drug-likeness (QED) is 0.653. The number of aliphatic imine (C=N–C) groups is 1. The Morgan fingerprint density at radius 3 is 2.97 bits per heavy atom. The van der Waals surface area contributed by atoms with Crippen molar-refractivity contribution >= 4 is 17.6 Å². The summed E-state index contributed by atoms with van der Waals surface area (Å²) in [4.78, 5) is 10.3. The van der Waals surface area contributed by atoms with Crippen LogP contribution in [0.25, 0.3) is 10.4 Å². The van der Waals surface area contributed by atoms with Gasteiger partial charge >= 0.3 is 0 Å². The first-order chi connectivity index (χ1) is 14.1. The van der Waals surface area contributed by atoms with Gasteiger partial charge in [0.1, 0.15) is 10.8 Å². The van der Waals surface area contributed by atoms with Gasteiger partial charge in [0.25, 0.3) is 0 Å². The maximum Gasteiger partial charge on any atom is 0.133 e. The molecule has 0 saturated heterocycles. The summed E-state index contributed by atoms with van der Waals surface area (Å²) in [5, 5.41) is 10.6. The van der Waals surface area contributed by atoms with E-state index in [1.807, 2.05) is 32.3 Å². The van der Waals surface area contributed by atoms with Crippen LogP contribution in [-0.2, 0) is 17.6 Å². The molecule has 0 bridgehead atoms. The smallest absolute Gasteiger partial charge is 0.133 e. The van der Waals surface area contributed by atoms with Gasteiger partial charge in [0.05, 0.1) is 22.6 Å². The molecule has 4 nitrogen and oxygen atoms in total. The molecule has 0 spiro atoms. The minimum absolute atomic E-state index is 0.0579. The van der Waals surface area contributed by atoms with Crippen LogP contribution < -0.4 is 0 Å². The number of hydrogen-bond donors (Lipinski definition) is 0. The van der Waals surface area contributed by atoms with E-state index in [4.69, 9.17) is 9.72 Å². The molecule has 0 radical (unpaired) electrons. The third-order valence-electron chi connectivity index (χ3n) is 5.35. The van der Waals surface area contributed by atoms with Gasteiger partial charge in [-0.2, -0.15) is 5.26 Å². The number of nitrogens with zero attached hydrogens (tertiary/aromatic N) is 3. The molecule has 1 aliphatic carbocycles. The third-order valence-corrected chi connectivity index (χ3v) is 6.51. The summed E-state index contributed by atoms with van der Waals surface area (Å²) in [5.41, 5.74) is 6.07. The SMILES string of the molecule is CCc1c(-c2cnc(C3C=CC(OC(C)C)=C(C#N)C3)s2)ccc2c1CCN=C2. The van der Waals surface area contributed by atoms with Gasteiger partial charge in [0.2, 0.25) is 0 Å². The predicted octanol–water partition coefficient (Wildman–Crippen LogP) is 5.59. The number of nitriles is 1. The van der Waals surface area contributed by atoms with Crippen molar-refractivity contribution in [1.29, 1.82) is 5.26 Å². The zero-order valence-corrected chi connectivity index (χ0v) is 17.9. The summed E-state index contributed by atoms with van der Waals surface area (Å²) < 4.78 is 5.78. The van der Waals surface area contributed by atoms with Crippen LogP contribution in [0.4, 0.5) is 0 Å².